The second-order valence-corrected chi connectivity index (χ2v) is 3.01. The van der Waals surface area contributed by atoms with E-state index in [0.29, 0.717) is 6.42 Å². The number of ether oxygens (including phenoxy) is 1. The highest BCUT2D eigenvalue weighted by atomic mass is 16.6. The van der Waals surface area contributed by atoms with E-state index >= 15 is 0 Å². The molecule has 0 aromatic carbocycles. The molecule has 56 valence electrons. The van der Waals surface area contributed by atoms with Gasteiger partial charge in [0.2, 0.25) is 0 Å². The molecule has 1 saturated heterocycles. The highest BCUT2D eigenvalue weighted by molar-refractivity contribution is 5.50. The second-order valence-electron chi connectivity index (χ2n) is 3.01. The average molecular weight is 142 g/mol. The van der Waals surface area contributed by atoms with Crippen molar-refractivity contribution < 1.29 is 14.6 Å². The molecule has 0 spiro atoms. The Morgan fingerprint density at radius 3 is 3.00 bits per heavy atom. The summed E-state index contributed by atoms with van der Waals surface area (Å²) in [5, 5.41) is 9.28. The van der Waals surface area contributed by atoms with Crippen LogP contribution in [0.15, 0.2) is 0 Å². The Balaban J connectivity index is 1.98. The normalized spacial score (nSPS) is 50.5. The summed E-state index contributed by atoms with van der Waals surface area (Å²) in [4.78, 5) is 10.1. The lowest BCUT2D eigenvalue weighted by Crippen LogP contribution is -2.20. The van der Waals surface area contributed by atoms with Gasteiger partial charge in [-0.15, -0.1) is 0 Å². The van der Waals surface area contributed by atoms with Gasteiger partial charge in [-0.3, -0.25) is 0 Å². The van der Waals surface area contributed by atoms with Crippen LogP contribution in [0.4, 0.5) is 0 Å². The van der Waals surface area contributed by atoms with E-state index < -0.39 is 0 Å². The van der Waals surface area contributed by atoms with Gasteiger partial charge in [-0.25, -0.2) is 0 Å². The first-order chi connectivity index (χ1) is 4.83. The van der Waals surface area contributed by atoms with E-state index in [0.717, 1.165) is 12.7 Å². The standard InChI is InChI=1S/C7H10O3/c8-2-1-4-5(9)3-6-7(4)10-6/h2,4-7,9H,1,3H2. The molecule has 2 rings (SSSR count). The first kappa shape index (κ1) is 6.31. The van der Waals surface area contributed by atoms with E-state index in [2.05, 4.69) is 0 Å². The molecule has 3 nitrogen and oxygen atoms in total. The number of aldehydes is 1. The minimum atomic E-state index is -0.297. The highest BCUT2D eigenvalue weighted by Gasteiger charge is 2.54. The van der Waals surface area contributed by atoms with E-state index in [1.807, 2.05) is 0 Å². The third-order valence-corrected chi connectivity index (χ3v) is 2.38. The summed E-state index contributed by atoms with van der Waals surface area (Å²) in [6, 6.07) is 0. The Hall–Kier alpha value is -0.410. The summed E-state index contributed by atoms with van der Waals surface area (Å²) in [5.74, 6) is 0.0856. The number of hydrogen-bond donors (Lipinski definition) is 1. The fraction of sp³-hybridized carbons (Fsp3) is 0.857. The predicted octanol–water partition coefficient (Wildman–Crippen LogP) is -0.276. The summed E-state index contributed by atoms with van der Waals surface area (Å²) < 4.78 is 5.17. The molecular formula is C7H10O3. The SMILES string of the molecule is O=CCC1C(O)CC2OC21. The Kier molecular flexibility index (Phi) is 1.28. The Bertz CT molecular complexity index is 155. The van der Waals surface area contributed by atoms with Crippen molar-refractivity contribution in [3.8, 4) is 0 Å². The number of carbonyl (C=O) groups is 1. The smallest absolute Gasteiger partial charge is 0.120 e. The van der Waals surface area contributed by atoms with Crippen LogP contribution >= 0.6 is 0 Å². The number of fused-ring (bicyclic) bond motifs is 1. The molecule has 0 aromatic heterocycles. The van der Waals surface area contributed by atoms with Gasteiger partial charge in [-0.05, 0) is 0 Å². The lowest BCUT2D eigenvalue weighted by atomic mass is 10.0. The Morgan fingerprint density at radius 1 is 1.70 bits per heavy atom. The summed E-state index contributed by atoms with van der Waals surface area (Å²) in [7, 11) is 0. The van der Waals surface area contributed by atoms with Crippen LogP contribution in [0.2, 0.25) is 0 Å². The van der Waals surface area contributed by atoms with Crippen molar-refractivity contribution in [2.75, 3.05) is 0 Å². The van der Waals surface area contributed by atoms with Crippen molar-refractivity contribution >= 4 is 6.29 Å². The number of hydrogen-bond acceptors (Lipinski definition) is 3. The minimum absolute atomic E-state index is 0.0856. The lowest BCUT2D eigenvalue weighted by molar-refractivity contribution is -0.109. The van der Waals surface area contributed by atoms with Gasteiger partial charge in [-0.1, -0.05) is 0 Å². The average Bonchev–Trinajstić information content (AvgIpc) is 2.57. The third-order valence-electron chi connectivity index (χ3n) is 2.38. The van der Waals surface area contributed by atoms with Gasteiger partial charge in [0, 0.05) is 18.8 Å². The van der Waals surface area contributed by atoms with Crippen molar-refractivity contribution in [3.05, 3.63) is 0 Å². The first-order valence-corrected chi connectivity index (χ1v) is 3.60. The summed E-state index contributed by atoms with van der Waals surface area (Å²) in [6.45, 7) is 0. The van der Waals surface area contributed by atoms with E-state index in [1.165, 1.54) is 0 Å². The number of aliphatic hydroxyl groups excluding tert-OH is 1. The first-order valence-electron chi connectivity index (χ1n) is 3.60. The van der Waals surface area contributed by atoms with Gasteiger partial charge in [-0.2, -0.15) is 0 Å². The molecule has 10 heavy (non-hydrogen) atoms. The van der Waals surface area contributed by atoms with Crippen molar-refractivity contribution in [1.29, 1.82) is 0 Å². The molecule has 4 atom stereocenters. The van der Waals surface area contributed by atoms with Crippen LogP contribution in [-0.4, -0.2) is 29.7 Å². The van der Waals surface area contributed by atoms with Gasteiger partial charge in [0.05, 0.1) is 18.3 Å². The molecule has 3 heteroatoms. The van der Waals surface area contributed by atoms with Crippen LogP contribution in [0.3, 0.4) is 0 Å². The molecule has 2 fully saturated rings. The van der Waals surface area contributed by atoms with Gasteiger partial charge >= 0.3 is 0 Å². The summed E-state index contributed by atoms with van der Waals surface area (Å²) in [5.41, 5.74) is 0. The van der Waals surface area contributed by atoms with Crippen molar-refractivity contribution in [2.45, 2.75) is 31.2 Å². The topological polar surface area (TPSA) is 49.8 Å². The molecule has 0 radical (unpaired) electrons. The maximum atomic E-state index is 10.1. The zero-order valence-electron chi connectivity index (χ0n) is 5.56. The zero-order valence-corrected chi connectivity index (χ0v) is 5.56. The largest absolute Gasteiger partial charge is 0.393 e. The Labute approximate surface area is 59.0 Å². The second kappa shape index (κ2) is 2.04. The van der Waals surface area contributed by atoms with Gasteiger partial charge in [0.1, 0.15) is 6.29 Å². The molecule has 1 saturated carbocycles. The van der Waals surface area contributed by atoms with E-state index in [9.17, 15) is 9.90 Å². The minimum Gasteiger partial charge on any atom is -0.393 e. The lowest BCUT2D eigenvalue weighted by Gasteiger charge is -2.12. The van der Waals surface area contributed by atoms with Crippen LogP contribution in [0, 0.1) is 5.92 Å². The molecule has 1 heterocycles. The van der Waals surface area contributed by atoms with E-state index in [1.54, 1.807) is 0 Å². The van der Waals surface area contributed by atoms with Crippen LogP contribution in [-0.2, 0) is 9.53 Å². The van der Waals surface area contributed by atoms with Crippen LogP contribution in [0.5, 0.6) is 0 Å². The summed E-state index contributed by atoms with van der Waals surface area (Å²) in [6.07, 6.45) is 2.19. The van der Waals surface area contributed by atoms with Gasteiger partial charge in [0.15, 0.2) is 0 Å². The van der Waals surface area contributed by atoms with Crippen LogP contribution in [0.1, 0.15) is 12.8 Å². The van der Waals surface area contributed by atoms with E-state index in [4.69, 9.17) is 4.74 Å². The fourth-order valence-corrected chi connectivity index (χ4v) is 1.76. The quantitative estimate of drug-likeness (QED) is 0.426. The van der Waals surface area contributed by atoms with Crippen LogP contribution < -0.4 is 0 Å². The van der Waals surface area contributed by atoms with E-state index in [-0.39, 0.29) is 24.2 Å². The van der Waals surface area contributed by atoms with Gasteiger partial charge in [0.25, 0.3) is 0 Å². The van der Waals surface area contributed by atoms with Crippen molar-refractivity contribution in [1.82, 2.24) is 0 Å². The maximum absolute atomic E-state index is 10.1. The predicted molar refractivity (Wildman–Crippen MR) is 33.5 cm³/mol. The molecule has 1 N–H and O–H groups in total. The fourth-order valence-electron chi connectivity index (χ4n) is 1.76. The molecule has 4 unspecified atom stereocenters. The monoisotopic (exact) mass is 142 g/mol. The Morgan fingerprint density at radius 2 is 2.50 bits per heavy atom. The van der Waals surface area contributed by atoms with Gasteiger partial charge < -0.3 is 14.6 Å². The van der Waals surface area contributed by atoms with Crippen molar-refractivity contribution in [2.24, 2.45) is 5.92 Å². The number of aliphatic hydroxyl groups is 1. The molecule has 1 aliphatic carbocycles. The van der Waals surface area contributed by atoms with Crippen molar-refractivity contribution in [3.63, 3.8) is 0 Å². The molecule has 0 aromatic rings. The molecule has 0 amide bonds. The molecule has 1 aliphatic heterocycles. The summed E-state index contributed by atoms with van der Waals surface area (Å²) >= 11 is 0. The number of epoxide rings is 1. The third kappa shape index (κ3) is 0.777. The molecule has 0 bridgehead atoms. The molecular weight excluding hydrogens is 132 g/mol. The number of carbonyl (C=O) groups excluding carboxylic acids is 1. The highest BCUT2D eigenvalue weighted by Crippen LogP contribution is 2.44. The maximum Gasteiger partial charge on any atom is 0.120 e. The molecule has 2 aliphatic rings. The number of rotatable bonds is 2. The zero-order chi connectivity index (χ0) is 7.14. The van der Waals surface area contributed by atoms with Crippen LogP contribution in [0.25, 0.3) is 0 Å².